The maximum atomic E-state index is 2.30. The van der Waals surface area contributed by atoms with Gasteiger partial charge in [0.05, 0.1) is 0 Å². The van der Waals surface area contributed by atoms with Crippen LogP contribution in [0.5, 0.6) is 0 Å². The van der Waals surface area contributed by atoms with Crippen LogP contribution in [0.4, 0.5) is 0 Å². The van der Waals surface area contributed by atoms with Gasteiger partial charge in [0.15, 0.2) is 0 Å². The Labute approximate surface area is 201 Å². The van der Waals surface area contributed by atoms with Crippen LogP contribution in [0.15, 0.2) is 30.3 Å². The van der Waals surface area contributed by atoms with E-state index in [-0.39, 0.29) is 51.4 Å². The Bertz CT molecular complexity index is 346. The molecule has 1 aromatic carbocycles. The van der Waals surface area contributed by atoms with Crippen LogP contribution in [-0.4, -0.2) is 51.4 Å². The van der Waals surface area contributed by atoms with Crippen LogP contribution in [0.25, 0.3) is 0 Å². The molecule has 0 saturated carbocycles. The first-order valence-corrected chi connectivity index (χ1v) is 11.0. The fourth-order valence-electron chi connectivity index (χ4n) is 3.52. The van der Waals surface area contributed by atoms with Gasteiger partial charge in [0, 0.05) is 0 Å². The Morgan fingerprint density at radius 3 is 1.24 bits per heavy atom. The van der Waals surface area contributed by atoms with Gasteiger partial charge in [-0.3, -0.25) is 0 Å². The molecule has 0 unspecified atom stereocenters. The summed E-state index contributed by atoms with van der Waals surface area (Å²) in [5.74, 6) is 0. The third-order valence-corrected chi connectivity index (χ3v) is 5.16. The van der Waals surface area contributed by atoms with E-state index in [1.165, 1.54) is 115 Å². The van der Waals surface area contributed by atoms with E-state index in [1.807, 2.05) is 0 Å². The molecule has 0 spiro atoms. The molecule has 1 aromatic rings. The number of aryl methyl sites for hydroxylation is 1. The molecule has 0 amide bonds. The third kappa shape index (κ3) is 18.0. The summed E-state index contributed by atoms with van der Waals surface area (Å²) in [6, 6.07) is 10.9. The molecule has 0 aliphatic heterocycles. The summed E-state index contributed by atoms with van der Waals surface area (Å²) < 4.78 is 0. The minimum absolute atomic E-state index is 0. The standard InChI is InChI=1S/C24H42.K.H/c1-2-3-4-5-6-7-8-9-10-11-12-13-14-15-16-18-21-24-22-19-17-20-23-24;;/h17,19-20,22-23H,2-16,18,21H2,1H3;;. The second-order valence-corrected chi connectivity index (χ2v) is 7.54. The van der Waals surface area contributed by atoms with Crippen molar-refractivity contribution in [1.29, 1.82) is 0 Å². The van der Waals surface area contributed by atoms with Crippen LogP contribution < -0.4 is 0 Å². The zero-order valence-corrected chi connectivity index (χ0v) is 16.4. The molecule has 1 rings (SSSR count). The first kappa shape index (κ1) is 25.9. The topological polar surface area (TPSA) is 0 Å². The predicted octanol–water partition coefficient (Wildman–Crippen LogP) is 7.84. The summed E-state index contributed by atoms with van der Waals surface area (Å²) in [7, 11) is 0. The van der Waals surface area contributed by atoms with E-state index in [1.54, 1.807) is 0 Å². The molecule has 0 aliphatic rings. The van der Waals surface area contributed by atoms with E-state index in [0.717, 1.165) is 0 Å². The fraction of sp³-hybridized carbons (Fsp3) is 0.750. The van der Waals surface area contributed by atoms with Crippen molar-refractivity contribution in [3.8, 4) is 0 Å². The molecule has 0 heterocycles. The molecular formula is C24H43K. The molecule has 140 valence electrons. The Morgan fingerprint density at radius 1 is 0.480 bits per heavy atom. The zero-order chi connectivity index (χ0) is 17.1. The maximum absolute atomic E-state index is 2.30. The Hall–Kier alpha value is 0.856. The van der Waals surface area contributed by atoms with Crippen LogP contribution in [0.3, 0.4) is 0 Å². The fourth-order valence-corrected chi connectivity index (χ4v) is 3.52. The number of hydrogen-bond donors (Lipinski definition) is 0. The summed E-state index contributed by atoms with van der Waals surface area (Å²) in [6.07, 6.45) is 24.4. The minimum atomic E-state index is 0. The monoisotopic (exact) mass is 370 g/mol. The summed E-state index contributed by atoms with van der Waals surface area (Å²) >= 11 is 0. The SMILES string of the molecule is CCCCCCCCCCCCCCCCCCc1ccccc1.[KH]. The molecule has 0 saturated heterocycles. The molecular weight excluding hydrogens is 327 g/mol. The molecule has 1 heteroatoms. The van der Waals surface area contributed by atoms with Gasteiger partial charge in [0.25, 0.3) is 0 Å². The van der Waals surface area contributed by atoms with Crippen LogP contribution >= 0.6 is 0 Å². The van der Waals surface area contributed by atoms with Gasteiger partial charge in [-0.25, -0.2) is 0 Å². The number of benzene rings is 1. The molecule has 0 fully saturated rings. The molecule has 0 atom stereocenters. The Kier molecular flexibility index (Phi) is 21.9. The van der Waals surface area contributed by atoms with E-state index >= 15 is 0 Å². The first-order valence-electron chi connectivity index (χ1n) is 11.0. The van der Waals surface area contributed by atoms with Crippen molar-refractivity contribution >= 4 is 51.4 Å². The summed E-state index contributed by atoms with van der Waals surface area (Å²) in [5.41, 5.74) is 1.50. The average molecular weight is 371 g/mol. The first-order chi connectivity index (χ1) is 11.9. The molecule has 0 nitrogen and oxygen atoms in total. The van der Waals surface area contributed by atoms with Crippen LogP contribution in [0.2, 0.25) is 0 Å². The van der Waals surface area contributed by atoms with E-state index in [9.17, 15) is 0 Å². The van der Waals surface area contributed by atoms with Gasteiger partial charge in [-0.2, -0.15) is 0 Å². The van der Waals surface area contributed by atoms with Gasteiger partial charge >= 0.3 is 51.4 Å². The molecule has 25 heavy (non-hydrogen) atoms. The van der Waals surface area contributed by atoms with Gasteiger partial charge in [0.1, 0.15) is 0 Å². The van der Waals surface area contributed by atoms with Gasteiger partial charge in [0.2, 0.25) is 0 Å². The summed E-state index contributed by atoms with van der Waals surface area (Å²) in [6.45, 7) is 2.30. The average Bonchev–Trinajstić information content (AvgIpc) is 2.62. The van der Waals surface area contributed by atoms with Crippen molar-refractivity contribution in [3.63, 3.8) is 0 Å². The van der Waals surface area contributed by atoms with Crippen molar-refractivity contribution < 1.29 is 0 Å². The molecule has 0 aromatic heterocycles. The third-order valence-electron chi connectivity index (χ3n) is 5.16. The van der Waals surface area contributed by atoms with E-state index in [4.69, 9.17) is 0 Å². The van der Waals surface area contributed by atoms with Crippen LogP contribution in [0.1, 0.15) is 115 Å². The molecule has 0 aliphatic carbocycles. The van der Waals surface area contributed by atoms with E-state index < -0.39 is 0 Å². The Balaban J connectivity index is 0.00000576. The number of rotatable bonds is 17. The van der Waals surface area contributed by atoms with E-state index in [2.05, 4.69) is 37.3 Å². The summed E-state index contributed by atoms with van der Waals surface area (Å²) in [5, 5.41) is 0. The van der Waals surface area contributed by atoms with Crippen LogP contribution in [0, 0.1) is 0 Å². The molecule has 0 N–H and O–H groups in total. The summed E-state index contributed by atoms with van der Waals surface area (Å²) in [4.78, 5) is 0. The Morgan fingerprint density at radius 2 is 0.840 bits per heavy atom. The normalized spacial score (nSPS) is 10.6. The van der Waals surface area contributed by atoms with Crippen molar-refractivity contribution in [2.75, 3.05) is 0 Å². The molecule has 0 bridgehead atoms. The van der Waals surface area contributed by atoms with Gasteiger partial charge < -0.3 is 0 Å². The van der Waals surface area contributed by atoms with Crippen molar-refractivity contribution in [2.24, 2.45) is 0 Å². The van der Waals surface area contributed by atoms with Crippen molar-refractivity contribution in [1.82, 2.24) is 0 Å². The quantitative estimate of drug-likeness (QED) is 0.193. The van der Waals surface area contributed by atoms with E-state index in [0.29, 0.717) is 0 Å². The van der Waals surface area contributed by atoms with Crippen LogP contribution in [-0.2, 0) is 6.42 Å². The van der Waals surface area contributed by atoms with Crippen molar-refractivity contribution in [3.05, 3.63) is 35.9 Å². The second-order valence-electron chi connectivity index (χ2n) is 7.54. The van der Waals surface area contributed by atoms with Gasteiger partial charge in [-0.15, -0.1) is 0 Å². The number of unbranched alkanes of at least 4 members (excludes halogenated alkanes) is 15. The van der Waals surface area contributed by atoms with Gasteiger partial charge in [-0.05, 0) is 18.4 Å². The predicted molar refractivity (Wildman–Crippen MR) is 117 cm³/mol. The molecule has 0 radical (unpaired) electrons. The second kappa shape index (κ2) is 21.2. The van der Waals surface area contributed by atoms with Gasteiger partial charge in [-0.1, -0.05) is 134 Å². The number of hydrogen-bond acceptors (Lipinski definition) is 0. The van der Waals surface area contributed by atoms with Crippen molar-refractivity contribution in [2.45, 2.75) is 116 Å². The zero-order valence-electron chi connectivity index (χ0n) is 16.4.